The van der Waals surface area contributed by atoms with E-state index in [-0.39, 0.29) is 5.91 Å². The molecule has 2 nitrogen and oxygen atoms in total. The van der Waals surface area contributed by atoms with Crippen molar-refractivity contribution in [3.8, 4) is 0 Å². The van der Waals surface area contributed by atoms with Crippen LogP contribution in [-0.2, 0) is 0 Å². The second-order valence-corrected chi connectivity index (χ2v) is 6.23. The lowest BCUT2D eigenvalue weighted by atomic mass is 10.2. The lowest BCUT2D eigenvalue weighted by Gasteiger charge is -2.10. The minimum absolute atomic E-state index is 0.106. The molecule has 0 unspecified atom stereocenters. The zero-order valence-electron chi connectivity index (χ0n) is 10.1. The molecule has 19 heavy (non-hydrogen) atoms. The van der Waals surface area contributed by atoms with Gasteiger partial charge in [-0.1, -0.05) is 23.7 Å². The average molecular weight is 404 g/mol. The SMILES string of the molecule is CSc1ccccc1C(=O)Nc1ccc(Cl)cc1I. The predicted molar refractivity (Wildman–Crippen MR) is 90.3 cm³/mol. The lowest BCUT2D eigenvalue weighted by Crippen LogP contribution is -2.13. The van der Waals surface area contributed by atoms with Crippen molar-refractivity contribution in [2.75, 3.05) is 11.6 Å². The third kappa shape index (κ3) is 3.64. The Morgan fingerprint density at radius 2 is 2.00 bits per heavy atom. The first-order valence-electron chi connectivity index (χ1n) is 5.51. The highest BCUT2D eigenvalue weighted by Crippen LogP contribution is 2.25. The fourth-order valence-electron chi connectivity index (χ4n) is 1.61. The molecule has 5 heteroatoms. The number of hydrogen-bond donors (Lipinski definition) is 1. The number of halogens is 2. The highest BCUT2D eigenvalue weighted by atomic mass is 127. The van der Waals surface area contributed by atoms with Gasteiger partial charge in [-0.15, -0.1) is 11.8 Å². The number of hydrogen-bond acceptors (Lipinski definition) is 2. The van der Waals surface area contributed by atoms with E-state index in [0.29, 0.717) is 10.6 Å². The monoisotopic (exact) mass is 403 g/mol. The molecule has 0 spiro atoms. The Morgan fingerprint density at radius 3 is 2.68 bits per heavy atom. The van der Waals surface area contributed by atoms with Crippen LogP contribution in [0.3, 0.4) is 0 Å². The Balaban J connectivity index is 2.26. The Bertz CT molecular complexity index is 618. The van der Waals surface area contributed by atoms with Crippen molar-refractivity contribution in [1.82, 2.24) is 0 Å². The normalized spacial score (nSPS) is 10.3. The molecular formula is C14H11ClINOS. The van der Waals surface area contributed by atoms with Crippen molar-refractivity contribution in [2.24, 2.45) is 0 Å². The minimum atomic E-state index is -0.106. The van der Waals surface area contributed by atoms with E-state index in [2.05, 4.69) is 27.9 Å². The van der Waals surface area contributed by atoms with Crippen molar-refractivity contribution >= 4 is 57.5 Å². The highest BCUT2D eigenvalue weighted by Gasteiger charge is 2.11. The van der Waals surface area contributed by atoms with Crippen molar-refractivity contribution in [3.63, 3.8) is 0 Å². The van der Waals surface area contributed by atoms with Crippen LogP contribution in [0.1, 0.15) is 10.4 Å². The van der Waals surface area contributed by atoms with Crippen LogP contribution in [0.5, 0.6) is 0 Å². The van der Waals surface area contributed by atoms with E-state index in [1.54, 1.807) is 17.8 Å². The van der Waals surface area contributed by atoms with Gasteiger partial charge in [-0.25, -0.2) is 0 Å². The van der Waals surface area contributed by atoms with E-state index in [0.717, 1.165) is 14.2 Å². The molecule has 1 N–H and O–H groups in total. The van der Waals surface area contributed by atoms with Gasteiger partial charge in [0, 0.05) is 13.5 Å². The summed E-state index contributed by atoms with van der Waals surface area (Å²) in [6.07, 6.45) is 1.96. The van der Waals surface area contributed by atoms with Crippen LogP contribution >= 0.6 is 46.0 Å². The minimum Gasteiger partial charge on any atom is -0.321 e. The summed E-state index contributed by atoms with van der Waals surface area (Å²) in [5.41, 5.74) is 1.45. The molecule has 0 radical (unpaired) electrons. The summed E-state index contributed by atoms with van der Waals surface area (Å²) in [5.74, 6) is -0.106. The van der Waals surface area contributed by atoms with E-state index < -0.39 is 0 Å². The highest BCUT2D eigenvalue weighted by molar-refractivity contribution is 14.1. The fraction of sp³-hybridized carbons (Fsp3) is 0.0714. The third-order valence-electron chi connectivity index (χ3n) is 2.53. The van der Waals surface area contributed by atoms with E-state index in [4.69, 9.17) is 11.6 Å². The topological polar surface area (TPSA) is 29.1 Å². The molecule has 2 aromatic rings. The Labute approximate surface area is 135 Å². The van der Waals surface area contributed by atoms with Gasteiger partial charge in [0.2, 0.25) is 0 Å². The number of rotatable bonds is 3. The number of benzene rings is 2. The molecule has 0 aromatic heterocycles. The second-order valence-electron chi connectivity index (χ2n) is 3.78. The fourth-order valence-corrected chi connectivity index (χ4v) is 3.21. The number of carbonyl (C=O) groups excluding carboxylic acids is 1. The molecule has 0 aliphatic rings. The smallest absolute Gasteiger partial charge is 0.256 e. The van der Waals surface area contributed by atoms with Crippen molar-refractivity contribution in [2.45, 2.75) is 4.90 Å². The van der Waals surface area contributed by atoms with Gasteiger partial charge < -0.3 is 5.32 Å². The number of amides is 1. The first kappa shape index (κ1) is 14.7. The van der Waals surface area contributed by atoms with E-state index in [1.807, 2.05) is 42.7 Å². The summed E-state index contributed by atoms with van der Waals surface area (Å²) in [6, 6.07) is 12.9. The summed E-state index contributed by atoms with van der Waals surface area (Å²) in [4.78, 5) is 13.2. The first-order valence-corrected chi connectivity index (χ1v) is 8.19. The maximum atomic E-state index is 12.3. The van der Waals surface area contributed by atoms with Crippen molar-refractivity contribution in [1.29, 1.82) is 0 Å². The van der Waals surface area contributed by atoms with E-state index in [9.17, 15) is 4.79 Å². The van der Waals surface area contributed by atoms with Gasteiger partial charge in [0.1, 0.15) is 0 Å². The molecule has 0 saturated carbocycles. The summed E-state index contributed by atoms with van der Waals surface area (Å²) < 4.78 is 0.917. The zero-order valence-corrected chi connectivity index (χ0v) is 13.8. The van der Waals surface area contributed by atoms with Gasteiger partial charge in [-0.2, -0.15) is 0 Å². The molecule has 2 rings (SSSR count). The molecule has 1 amide bonds. The molecule has 0 aliphatic carbocycles. The average Bonchev–Trinajstić information content (AvgIpc) is 2.41. The van der Waals surface area contributed by atoms with Crippen LogP contribution in [0.25, 0.3) is 0 Å². The summed E-state index contributed by atoms with van der Waals surface area (Å²) >= 11 is 9.61. The van der Waals surface area contributed by atoms with Crippen LogP contribution < -0.4 is 5.32 Å². The number of carbonyl (C=O) groups is 1. The second kappa shape index (κ2) is 6.63. The van der Waals surface area contributed by atoms with Crippen LogP contribution in [0.2, 0.25) is 5.02 Å². The maximum absolute atomic E-state index is 12.3. The summed E-state index contributed by atoms with van der Waals surface area (Å²) in [7, 11) is 0. The van der Waals surface area contributed by atoms with Gasteiger partial charge in [0.25, 0.3) is 5.91 Å². The summed E-state index contributed by atoms with van der Waals surface area (Å²) in [5, 5.41) is 3.57. The number of anilines is 1. The first-order chi connectivity index (χ1) is 9.11. The van der Waals surface area contributed by atoms with Crippen LogP contribution in [-0.4, -0.2) is 12.2 Å². The standard InChI is InChI=1S/C14H11ClINOS/c1-19-13-5-3-2-4-10(13)14(18)17-12-7-6-9(15)8-11(12)16/h2-8H,1H3,(H,17,18). The number of nitrogens with one attached hydrogen (secondary N) is 1. The van der Waals surface area contributed by atoms with E-state index >= 15 is 0 Å². The molecule has 0 aliphatic heterocycles. The molecule has 0 atom stereocenters. The molecule has 0 fully saturated rings. The van der Waals surface area contributed by atoms with E-state index in [1.165, 1.54) is 0 Å². The van der Waals surface area contributed by atoms with Crippen LogP contribution in [0.4, 0.5) is 5.69 Å². The van der Waals surface area contributed by atoms with Gasteiger partial charge in [0.05, 0.1) is 11.3 Å². The predicted octanol–water partition coefficient (Wildman–Crippen LogP) is 4.92. The van der Waals surface area contributed by atoms with Gasteiger partial charge in [0.15, 0.2) is 0 Å². The Kier molecular flexibility index (Phi) is 5.13. The van der Waals surface area contributed by atoms with Gasteiger partial charge in [-0.3, -0.25) is 4.79 Å². The molecular weight excluding hydrogens is 393 g/mol. The lowest BCUT2D eigenvalue weighted by molar-refractivity contribution is 0.102. The molecule has 98 valence electrons. The zero-order chi connectivity index (χ0) is 13.8. The quantitative estimate of drug-likeness (QED) is 0.582. The van der Waals surface area contributed by atoms with Crippen molar-refractivity contribution < 1.29 is 4.79 Å². The van der Waals surface area contributed by atoms with Crippen molar-refractivity contribution in [3.05, 3.63) is 56.6 Å². The Hall–Kier alpha value is -0.720. The third-order valence-corrected chi connectivity index (χ3v) is 4.45. The molecule has 0 saturated heterocycles. The number of thioether (sulfide) groups is 1. The Morgan fingerprint density at radius 1 is 1.26 bits per heavy atom. The molecule has 0 bridgehead atoms. The molecule has 2 aromatic carbocycles. The van der Waals surface area contributed by atoms with Gasteiger partial charge >= 0.3 is 0 Å². The summed E-state index contributed by atoms with van der Waals surface area (Å²) in [6.45, 7) is 0. The molecule has 0 heterocycles. The largest absolute Gasteiger partial charge is 0.321 e. The van der Waals surface area contributed by atoms with Gasteiger partial charge in [-0.05, 0) is 59.2 Å². The van der Waals surface area contributed by atoms with Crippen LogP contribution in [0, 0.1) is 3.57 Å². The maximum Gasteiger partial charge on any atom is 0.256 e. The van der Waals surface area contributed by atoms with Crippen LogP contribution in [0.15, 0.2) is 47.4 Å².